The first-order chi connectivity index (χ1) is 12.6. The number of carbonyl (C=O) groups excluding carboxylic acids is 3. The number of carbonyl (C=O) groups is 3. The van der Waals surface area contributed by atoms with Gasteiger partial charge >= 0.3 is 17.9 Å². The Labute approximate surface area is 167 Å². The van der Waals surface area contributed by atoms with E-state index in [1.165, 1.54) is 18.9 Å². The van der Waals surface area contributed by atoms with E-state index in [1.54, 1.807) is 13.8 Å². The van der Waals surface area contributed by atoms with E-state index in [-0.39, 0.29) is 43.4 Å². The van der Waals surface area contributed by atoms with Crippen LogP contribution in [0.4, 0.5) is 0 Å². The van der Waals surface area contributed by atoms with Gasteiger partial charge in [-0.15, -0.1) is 0 Å². The Morgan fingerprint density at radius 3 is 2.30 bits per heavy atom. The molecule has 0 aliphatic carbocycles. The fourth-order valence-electron chi connectivity index (χ4n) is 2.73. The molecule has 0 aromatic carbocycles. The Bertz CT molecular complexity index is 497. The highest BCUT2D eigenvalue weighted by Gasteiger charge is 2.49. The molecule has 0 rings (SSSR count). The van der Waals surface area contributed by atoms with Crippen molar-refractivity contribution in [2.24, 2.45) is 22.5 Å². The first-order valence-electron chi connectivity index (χ1n) is 9.24. The minimum atomic E-state index is -0.857. The number of methoxy groups -OCH3 is 1. The van der Waals surface area contributed by atoms with Crippen LogP contribution < -0.4 is 5.73 Å². The van der Waals surface area contributed by atoms with Crippen molar-refractivity contribution in [3.8, 4) is 0 Å². The van der Waals surface area contributed by atoms with E-state index >= 15 is 0 Å². The number of nitrogens with two attached hydrogens (primary N) is 1. The lowest BCUT2D eigenvalue weighted by Crippen LogP contribution is -2.47. The van der Waals surface area contributed by atoms with Crippen molar-refractivity contribution in [1.82, 2.24) is 0 Å². The standard InChI is InChI=1S/C19H35NO6S/c1-7-25-16(22)14(2)12-18(3,4)19(5,17(23)26-10-9-20)13-27-11-8-15(21)24-6/h14H,7-13,20H2,1-6H3. The summed E-state index contributed by atoms with van der Waals surface area (Å²) in [6.45, 7) is 10.0. The minimum absolute atomic E-state index is 0.144. The third-order valence-electron chi connectivity index (χ3n) is 4.87. The molecule has 0 radical (unpaired) electrons. The molecule has 158 valence electrons. The molecule has 27 heavy (non-hydrogen) atoms. The maximum Gasteiger partial charge on any atom is 0.313 e. The lowest BCUT2D eigenvalue weighted by molar-refractivity contribution is -0.163. The van der Waals surface area contributed by atoms with Gasteiger partial charge in [-0.25, -0.2) is 0 Å². The molecule has 2 N–H and O–H groups in total. The Kier molecular flexibility index (Phi) is 11.7. The average molecular weight is 406 g/mol. The van der Waals surface area contributed by atoms with Crippen molar-refractivity contribution in [2.45, 2.75) is 47.5 Å². The number of thioether (sulfide) groups is 1. The molecule has 0 aromatic rings. The SMILES string of the molecule is CCOC(=O)C(C)CC(C)(C)C(C)(CSCCC(=O)OC)C(=O)OCCN. The summed E-state index contributed by atoms with van der Waals surface area (Å²) in [6, 6.07) is 0. The fraction of sp³-hybridized carbons (Fsp3) is 0.842. The third-order valence-corrected chi connectivity index (χ3v) is 6.14. The van der Waals surface area contributed by atoms with Crippen LogP contribution in [0.3, 0.4) is 0 Å². The number of hydrogen-bond donors (Lipinski definition) is 1. The highest BCUT2D eigenvalue weighted by atomic mass is 32.2. The summed E-state index contributed by atoms with van der Waals surface area (Å²) < 4.78 is 15.1. The highest BCUT2D eigenvalue weighted by Crippen LogP contribution is 2.46. The van der Waals surface area contributed by atoms with Crippen LogP contribution in [-0.2, 0) is 28.6 Å². The molecule has 2 atom stereocenters. The largest absolute Gasteiger partial charge is 0.469 e. The van der Waals surface area contributed by atoms with Gasteiger partial charge in [-0.1, -0.05) is 20.8 Å². The number of ether oxygens (including phenoxy) is 3. The van der Waals surface area contributed by atoms with E-state index in [0.717, 1.165) is 0 Å². The molecular formula is C19H35NO6S. The van der Waals surface area contributed by atoms with Gasteiger partial charge in [0.1, 0.15) is 6.61 Å². The van der Waals surface area contributed by atoms with Crippen molar-refractivity contribution in [3.05, 3.63) is 0 Å². The summed E-state index contributed by atoms with van der Waals surface area (Å²) in [4.78, 5) is 36.2. The van der Waals surface area contributed by atoms with Crippen LogP contribution in [-0.4, -0.2) is 56.3 Å². The summed E-state index contributed by atoms with van der Waals surface area (Å²) in [6.07, 6.45) is 0.742. The van der Waals surface area contributed by atoms with Gasteiger partial charge in [-0.3, -0.25) is 14.4 Å². The van der Waals surface area contributed by atoms with Crippen LogP contribution in [0.15, 0.2) is 0 Å². The van der Waals surface area contributed by atoms with Gasteiger partial charge in [0.05, 0.1) is 31.5 Å². The Balaban J connectivity index is 5.25. The molecule has 0 amide bonds. The molecular weight excluding hydrogens is 370 g/mol. The van der Waals surface area contributed by atoms with E-state index < -0.39 is 10.8 Å². The molecule has 2 unspecified atom stereocenters. The minimum Gasteiger partial charge on any atom is -0.469 e. The molecule has 0 spiro atoms. The Hall–Kier alpha value is -1.28. The smallest absolute Gasteiger partial charge is 0.313 e. The zero-order chi connectivity index (χ0) is 21.1. The fourth-order valence-corrected chi connectivity index (χ4v) is 4.11. The van der Waals surface area contributed by atoms with E-state index in [9.17, 15) is 14.4 Å². The van der Waals surface area contributed by atoms with Gasteiger partial charge in [0.15, 0.2) is 0 Å². The predicted octanol–water partition coefficient (Wildman–Crippen LogP) is 2.41. The van der Waals surface area contributed by atoms with Gasteiger partial charge < -0.3 is 19.9 Å². The molecule has 0 aliphatic heterocycles. The zero-order valence-electron chi connectivity index (χ0n) is 17.5. The zero-order valence-corrected chi connectivity index (χ0v) is 18.3. The summed E-state index contributed by atoms with van der Waals surface area (Å²) >= 11 is 1.49. The van der Waals surface area contributed by atoms with Gasteiger partial charge in [-0.05, 0) is 25.7 Å². The van der Waals surface area contributed by atoms with Crippen molar-refractivity contribution >= 4 is 29.7 Å². The molecule has 0 saturated heterocycles. The molecule has 0 saturated carbocycles. The normalized spacial score (nSPS) is 14.8. The molecule has 0 aliphatic rings. The second-order valence-electron chi connectivity index (χ2n) is 7.38. The van der Waals surface area contributed by atoms with E-state index in [2.05, 4.69) is 4.74 Å². The van der Waals surface area contributed by atoms with Crippen molar-refractivity contribution in [3.63, 3.8) is 0 Å². The van der Waals surface area contributed by atoms with Gasteiger partial charge in [0.2, 0.25) is 0 Å². The summed E-state index contributed by atoms with van der Waals surface area (Å²) in [5, 5.41) is 0. The highest BCUT2D eigenvalue weighted by molar-refractivity contribution is 7.99. The Morgan fingerprint density at radius 2 is 1.78 bits per heavy atom. The monoisotopic (exact) mass is 405 g/mol. The number of hydrogen-bond acceptors (Lipinski definition) is 8. The van der Waals surface area contributed by atoms with Crippen LogP contribution in [0.5, 0.6) is 0 Å². The Morgan fingerprint density at radius 1 is 1.15 bits per heavy atom. The second kappa shape index (κ2) is 12.2. The van der Waals surface area contributed by atoms with Gasteiger partial charge in [0, 0.05) is 18.1 Å². The van der Waals surface area contributed by atoms with Crippen molar-refractivity contribution < 1.29 is 28.6 Å². The number of esters is 3. The number of rotatable bonds is 13. The summed E-state index contributed by atoms with van der Waals surface area (Å²) in [7, 11) is 1.35. The van der Waals surface area contributed by atoms with Crippen molar-refractivity contribution in [1.29, 1.82) is 0 Å². The molecule has 8 heteroatoms. The molecule has 0 aromatic heterocycles. The molecule has 0 heterocycles. The van der Waals surface area contributed by atoms with Crippen LogP contribution in [0, 0.1) is 16.7 Å². The maximum atomic E-state index is 12.8. The van der Waals surface area contributed by atoms with Gasteiger partial charge in [0.25, 0.3) is 0 Å². The topological polar surface area (TPSA) is 105 Å². The van der Waals surface area contributed by atoms with E-state index in [1.807, 2.05) is 20.8 Å². The quantitative estimate of drug-likeness (QED) is 0.283. The van der Waals surface area contributed by atoms with Gasteiger partial charge in [-0.2, -0.15) is 11.8 Å². The van der Waals surface area contributed by atoms with E-state index in [0.29, 0.717) is 24.5 Å². The third kappa shape index (κ3) is 8.09. The summed E-state index contributed by atoms with van der Waals surface area (Å²) in [5.41, 5.74) is 4.06. The first-order valence-corrected chi connectivity index (χ1v) is 10.4. The first kappa shape index (κ1) is 25.7. The maximum absolute atomic E-state index is 12.8. The lowest BCUT2D eigenvalue weighted by Gasteiger charge is -2.43. The van der Waals surface area contributed by atoms with Crippen LogP contribution >= 0.6 is 11.8 Å². The van der Waals surface area contributed by atoms with E-state index in [4.69, 9.17) is 15.2 Å². The predicted molar refractivity (Wildman–Crippen MR) is 106 cm³/mol. The van der Waals surface area contributed by atoms with Crippen molar-refractivity contribution in [2.75, 3.05) is 38.4 Å². The van der Waals surface area contributed by atoms with Crippen LogP contribution in [0.1, 0.15) is 47.5 Å². The molecule has 0 bridgehead atoms. The lowest BCUT2D eigenvalue weighted by atomic mass is 9.64. The average Bonchev–Trinajstić information content (AvgIpc) is 2.62. The second-order valence-corrected chi connectivity index (χ2v) is 8.48. The molecule has 0 fully saturated rings. The van der Waals surface area contributed by atoms with Crippen LogP contribution in [0.2, 0.25) is 0 Å². The summed E-state index contributed by atoms with van der Waals surface area (Å²) in [5.74, 6) is -0.265. The molecule has 7 nitrogen and oxygen atoms in total. The van der Waals surface area contributed by atoms with Crippen LogP contribution in [0.25, 0.3) is 0 Å².